The minimum Gasteiger partial charge on any atom is -0.478 e. The number of tetrazole rings is 1. The van der Waals surface area contributed by atoms with Gasteiger partial charge in [0, 0.05) is 15.6 Å². The number of hydrogen-bond acceptors (Lipinski definition) is 8. The van der Waals surface area contributed by atoms with Gasteiger partial charge >= 0.3 is 5.97 Å². The summed E-state index contributed by atoms with van der Waals surface area (Å²) in [6.07, 6.45) is 0. The number of aromatic amines is 1. The van der Waals surface area contributed by atoms with Crippen molar-refractivity contribution < 1.29 is 14.6 Å². The number of hydrogen-bond donors (Lipinski definition) is 2. The highest BCUT2D eigenvalue weighted by atomic mass is 79.9. The number of aromatic nitrogens is 6. The lowest BCUT2D eigenvalue weighted by Crippen LogP contribution is -2.17. The molecule has 0 aliphatic heterocycles. The maximum atomic E-state index is 11.4. The van der Waals surface area contributed by atoms with Crippen LogP contribution in [0.2, 0.25) is 10.0 Å². The summed E-state index contributed by atoms with van der Waals surface area (Å²) in [7, 11) is 0. The van der Waals surface area contributed by atoms with Crippen molar-refractivity contribution >= 4 is 62.1 Å². The molecule has 0 radical (unpaired) electrons. The summed E-state index contributed by atoms with van der Waals surface area (Å²) in [6, 6.07) is 24.8. The highest BCUT2D eigenvalue weighted by molar-refractivity contribution is 9.10. The molecule has 2 N–H and O–H groups in total. The Labute approximate surface area is 266 Å². The zero-order valence-electron chi connectivity index (χ0n) is 21.8. The van der Waals surface area contributed by atoms with E-state index in [0.717, 1.165) is 21.2 Å². The number of halogens is 3. The maximum Gasteiger partial charge on any atom is 0.335 e. The first-order valence-corrected chi connectivity index (χ1v) is 14.9. The van der Waals surface area contributed by atoms with Crippen LogP contribution in [0.4, 0.5) is 5.69 Å². The van der Waals surface area contributed by atoms with E-state index in [4.69, 9.17) is 38.0 Å². The SMILES string of the molecule is O=C(O)c1cccc(Oc2cccc(-c3nn(Cc4ccc(-c5nn[nH]n5)c(Br)c4)c(=Nc4ccc(Cl)c(Cl)c4)s3)c2)c1. The number of carboxylic acid groups (broad SMARTS) is 1. The second kappa shape index (κ2) is 12.5. The van der Waals surface area contributed by atoms with Crippen molar-refractivity contribution in [1.29, 1.82) is 0 Å². The molecule has 14 heteroatoms. The molecule has 0 bridgehead atoms. The Balaban J connectivity index is 1.36. The summed E-state index contributed by atoms with van der Waals surface area (Å²) in [5.41, 5.74) is 3.33. The van der Waals surface area contributed by atoms with E-state index in [1.807, 2.05) is 41.1 Å². The zero-order valence-corrected chi connectivity index (χ0v) is 25.7. The summed E-state index contributed by atoms with van der Waals surface area (Å²) >= 11 is 17.4. The molecule has 0 aliphatic rings. The number of nitrogens with zero attached hydrogens (tertiary/aromatic N) is 6. The molecular formula is C29H18BrCl2N7O3S. The van der Waals surface area contributed by atoms with Crippen LogP contribution in [0.3, 0.4) is 0 Å². The molecule has 0 spiro atoms. The van der Waals surface area contributed by atoms with Crippen LogP contribution >= 0.6 is 50.5 Å². The maximum absolute atomic E-state index is 11.4. The van der Waals surface area contributed by atoms with E-state index < -0.39 is 5.97 Å². The third kappa shape index (κ3) is 6.67. The number of benzene rings is 4. The molecule has 43 heavy (non-hydrogen) atoms. The van der Waals surface area contributed by atoms with Gasteiger partial charge in [0.05, 0.1) is 27.8 Å². The summed E-state index contributed by atoms with van der Waals surface area (Å²) in [5, 5.41) is 29.9. The molecule has 0 fully saturated rings. The molecule has 6 aromatic rings. The van der Waals surface area contributed by atoms with Crippen molar-refractivity contribution in [1.82, 2.24) is 30.4 Å². The van der Waals surface area contributed by atoms with E-state index >= 15 is 0 Å². The van der Waals surface area contributed by atoms with Crippen LogP contribution < -0.4 is 9.54 Å². The molecule has 10 nitrogen and oxygen atoms in total. The largest absolute Gasteiger partial charge is 0.478 e. The molecule has 0 atom stereocenters. The lowest BCUT2D eigenvalue weighted by atomic mass is 10.1. The first-order chi connectivity index (χ1) is 20.8. The van der Waals surface area contributed by atoms with Crippen molar-refractivity contribution in [2.24, 2.45) is 4.99 Å². The van der Waals surface area contributed by atoms with Crippen LogP contribution in [0.5, 0.6) is 11.5 Å². The minimum absolute atomic E-state index is 0.139. The second-order valence-electron chi connectivity index (χ2n) is 9.07. The number of nitrogens with one attached hydrogen (secondary N) is 1. The molecule has 0 unspecified atom stereocenters. The average molecular weight is 695 g/mol. The molecule has 0 amide bonds. The number of aromatic carboxylic acids is 1. The van der Waals surface area contributed by atoms with Crippen LogP contribution in [0.1, 0.15) is 15.9 Å². The van der Waals surface area contributed by atoms with Gasteiger partial charge in [-0.3, -0.25) is 0 Å². The smallest absolute Gasteiger partial charge is 0.335 e. The van der Waals surface area contributed by atoms with Gasteiger partial charge in [0.2, 0.25) is 10.6 Å². The fourth-order valence-electron chi connectivity index (χ4n) is 4.09. The number of ether oxygens (including phenoxy) is 1. The van der Waals surface area contributed by atoms with E-state index in [9.17, 15) is 9.90 Å². The van der Waals surface area contributed by atoms with Gasteiger partial charge in [-0.25, -0.2) is 14.5 Å². The molecule has 0 saturated heterocycles. The van der Waals surface area contributed by atoms with Gasteiger partial charge in [-0.2, -0.15) is 10.3 Å². The van der Waals surface area contributed by atoms with Crippen molar-refractivity contribution in [3.8, 4) is 33.5 Å². The van der Waals surface area contributed by atoms with E-state index in [2.05, 4.69) is 36.6 Å². The van der Waals surface area contributed by atoms with Crippen LogP contribution in [-0.2, 0) is 6.54 Å². The van der Waals surface area contributed by atoms with E-state index in [-0.39, 0.29) is 5.56 Å². The quantitative estimate of drug-likeness (QED) is 0.167. The zero-order chi connectivity index (χ0) is 29.9. The fourth-order valence-corrected chi connectivity index (χ4v) is 5.90. The molecular weight excluding hydrogens is 677 g/mol. The lowest BCUT2D eigenvalue weighted by molar-refractivity contribution is 0.0696. The van der Waals surface area contributed by atoms with Crippen LogP contribution in [0.25, 0.3) is 22.0 Å². The van der Waals surface area contributed by atoms with Gasteiger partial charge in [-0.1, -0.05) is 74.7 Å². The van der Waals surface area contributed by atoms with Gasteiger partial charge in [0.1, 0.15) is 16.5 Å². The topological polar surface area (TPSA) is 131 Å². The molecule has 2 aromatic heterocycles. The van der Waals surface area contributed by atoms with Crippen LogP contribution in [0, 0.1) is 0 Å². The number of carboxylic acids is 1. The minimum atomic E-state index is -1.03. The highest BCUT2D eigenvalue weighted by Gasteiger charge is 2.13. The molecule has 0 saturated carbocycles. The summed E-state index contributed by atoms with van der Waals surface area (Å²) < 4.78 is 8.59. The Morgan fingerprint density at radius 3 is 2.56 bits per heavy atom. The van der Waals surface area contributed by atoms with Crippen molar-refractivity contribution in [3.05, 3.63) is 115 Å². The van der Waals surface area contributed by atoms with Gasteiger partial charge < -0.3 is 9.84 Å². The normalized spacial score (nSPS) is 11.6. The van der Waals surface area contributed by atoms with Gasteiger partial charge in [-0.05, 0) is 71.4 Å². The monoisotopic (exact) mass is 693 g/mol. The predicted molar refractivity (Wildman–Crippen MR) is 167 cm³/mol. The Morgan fingerprint density at radius 1 is 1.00 bits per heavy atom. The Kier molecular flexibility index (Phi) is 8.34. The third-order valence-corrected chi connectivity index (χ3v) is 8.49. The highest BCUT2D eigenvalue weighted by Crippen LogP contribution is 2.30. The van der Waals surface area contributed by atoms with E-state index in [0.29, 0.717) is 49.4 Å². The third-order valence-electron chi connectivity index (χ3n) is 6.10. The molecule has 2 heterocycles. The summed E-state index contributed by atoms with van der Waals surface area (Å²) in [6.45, 7) is 0.417. The van der Waals surface area contributed by atoms with Crippen molar-refractivity contribution in [2.75, 3.05) is 0 Å². The van der Waals surface area contributed by atoms with Gasteiger partial charge in [0.25, 0.3) is 0 Å². The molecule has 6 rings (SSSR count). The lowest BCUT2D eigenvalue weighted by Gasteiger charge is -2.07. The first kappa shape index (κ1) is 28.7. The number of rotatable bonds is 8. The second-order valence-corrected chi connectivity index (χ2v) is 11.7. The average Bonchev–Trinajstić information content (AvgIpc) is 3.66. The van der Waals surface area contributed by atoms with Crippen LogP contribution in [-0.4, -0.2) is 41.5 Å². The Morgan fingerprint density at radius 2 is 1.81 bits per heavy atom. The van der Waals surface area contributed by atoms with Gasteiger partial charge in [-0.15, -0.1) is 10.2 Å². The predicted octanol–water partition coefficient (Wildman–Crippen LogP) is 7.63. The van der Waals surface area contributed by atoms with Gasteiger partial charge in [0.15, 0.2) is 0 Å². The number of H-pyrrole nitrogens is 1. The first-order valence-electron chi connectivity index (χ1n) is 12.5. The van der Waals surface area contributed by atoms with E-state index in [1.165, 1.54) is 23.5 Å². The number of carbonyl (C=O) groups is 1. The summed E-state index contributed by atoms with van der Waals surface area (Å²) in [4.78, 5) is 16.8. The van der Waals surface area contributed by atoms with E-state index in [1.54, 1.807) is 36.4 Å². The van der Waals surface area contributed by atoms with Crippen molar-refractivity contribution in [3.63, 3.8) is 0 Å². The molecule has 214 valence electrons. The fraction of sp³-hybridized carbons (Fsp3) is 0.0345. The van der Waals surface area contributed by atoms with Crippen molar-refractivity contribution in [2.45, 2.75) is 6.54 Å². The Hall–Kier alpha value is -4.36. The summed E-state index contributed by atoms with van der Waals surface area (Å²) in [5.74, 6) is 0.401. The molecule has 4 aromatic carbocycles. The standard InChI is InChI=1S/C29H18BrCl2N7O3S/c30-23-11-16(7-9-22(23)26-34-37-38-35-26)15-39-29(33-19-8-10-24(31)25(32)14-19)43-27(36-39)17-3-1-5-20(12-17)42-21-6-2-4-18(13-21)28(40)41/h1-14H,15H2,(H,40,41)(H,34,35,37,38). The van der Waals surface area contributed by atoms with Crippen LogP contribution in [0.15, 0.2) is 94.4 Å². The Bertz CT molecular complexity index is 2030. The molecule has 0 aliphatic carbocycles.